The Morgan fingerprint density at radius 3 is 2.37 bits per heavy atom. The molecule has 108 valence electrons. The molecule has 0 saturated heterocycles. The van der Waals surface area contributed by atoms with Gasteiger partial charge in [-0.2, -0.15) is 0 Å². The van der Waals surface area contributed by atoms with Crippen molar-refractivity contribution >= 4 is 0 Å². The van der Waals surface area contributed by atoms with Gasteiger partial charge < -0.3 is 5.32 Å². The van der Waals surface area contributed by atoms with Gasteiger partial charge in [0.25, 0.3) is 0 Å². The molecule has 0 aliphatic rings. The van der Waals surface area contributed by atoms with Crippen molar-refractivity contribution in [1.82, 2.24) is 5.32 Å². The molecule has 1 nitrogen and oxygen atoms in total. The predicted molar refractivity (Wildman–Crippen MR) is 80.7 cm³/mol. The zero-order chi connectivity index (χ0) is 14.3. The molecule has 1 N–H and O–H groups in total. The van der Waals surface area contributed by atoms with E-state index in [1.165, 1.54) is 37.8 Å². The number of nitrogens with one attached hydrogen (secondary N) is 1. The van der Waals surface area contributed by atoms with Gasteiger partial charge in [0, 0.05) is 12.6 Å². The van der Waals surface area contributed by atoms with Crippen molar-refractivity contribution in [2.75, 3.05) is 6.54 Å². The van der Waals surface area contributed by atoms with Crippen LogP contribution in [0.1, 0.15) is 65.0 Å². The first-order chi connectivity index (χ1) is 8.94. The van der Waals surface area contributed by atoms with Gasteiger partial charge in [0.1, 0.15) is 5.82 Å². The summed E-state index contributed by atoms with van der Waals surface area (Å²) in [6.07, 6.45) is 5.15. The number of unbranched alkanes of at least 4 members (excludes halogenated alkanes) is 2. The molecule has 19 heavy (non-hydrogen) atoms. The molecule has 0 aliphatic heterocycles. The van der Waals surface area contributed by atoms with Gasteiger partial charge in [0.15, 0.2) is 0 Å². The third-order valence-electron chi connectivity index (χ3n) is 3.71. The molecule has 1 aromatic rings. The number of halogens is 1. The summed E-state index contributed by atoms with van der Waals surface area (Å²) in [5.41, 5.74) is 1.47. The van der Waals surface area contributed by atoms with Crippen molar-refractivity contribution in [1.29, 1.82) is 0 Å². The molecule has 0 radical (unpaired) electrons. The largest absolute Gasteiger partial charge is 0.310 e. The van der Waals surface area contributed by atoms with Gasteiger partial charge >= 0.3 is 0 Å². The Bertz CT molecular complexity index is 356. The maximum atomic E-state index is 12.9. The van der Waals surface area contributed by atoms with E-state index in [2.05, 4.69) is 33.0 Å². The van der Waals surface area contributed by atoms with Crippen LogP contribution in [0.4, 0.5) is 4.39 Å². The lowest BCUT2D eigenvalue weighted by atomic mass is 9.86. The normalized spacial score (nSPS) is 13.5. The van der Waals surface area contributed by atoms with Crippen LogP contribution in [-0.4, -0.2) is 6.54 Å². The fourth-order valence-corrected chi connectivity index (χ4v) is 2.24. The molecule has 1 rings (SSSR count). The minimum atomic E-state index is -0.171. The van der Waals surface area contributed by atoms with E-state index in [4.69, 9.17) is 0 Å². The lowest BCUT2D eigenvalue weighted by molar-refractivity contribution is 0.291. The van der Waals surface area contributed by atoms with E-state index in [1.807, 2.05) is 12.1 Å². The zero-order valence-corrected chi connectivity index (χ0v) is 12.8. The minimum absolute atomic E-state index is 0.171. The lowest BCUT2D eigenvalue weighted by Gasteiger charge is -2.27. The first-order valence-corrected chi connectivity index (χ1v) is 7.43. The van der Waals surface area contributed by atoms with Crippen LogP contribution in [0.3, 0.4) is 0 Å². The SMILES string of the molecule is CCCCCC(C)(C)CNC(C)c1ccc(F)cc1. The van der Waals surface area contributed by atoms with Gasteiger partial charge in [-0.25, -0.2) is 4.39 Å². The number of rotatable bonds is 8. The molecular formula is C17H28FN. The van der Waals surface area contributed by atoms with Crippen molar-refractivity contribution in [2.45, 2.75) is 59.4 Å². The number of hydrogen-bond acceptors (Lipinski definition) is 1. The fourth-order valence-electron chi connectivity index (χ4n) is 2.24. The molecule has 0 fully saturated rings. The first-order valence-electron chi connectivity index (χ1n) is 7.43. The highest BCUT2D eigenvalue weighted by Gasteiger charge is 2.18. The van der Waals surface area contributed by atoms with E-state index in [-0.39, 0.29) is 11.9 Å². The van der Waals surface area contributed by atoms with Crippen molar-refractivity contribution in [2.24, 2.45) is 5.41 Å². The molecule has 1 aromatic carbocycles. The first kappa shape index (κ1) is 16.2. The molecule has 0 spiro atoms. The average molecular weight is 265 g/mol. The summed E-state index contributed by atoms with van der Waals surface area (Å²) < 4.78 is 12.9. The second kappa shape index (κ2) is 7.64. The Labute approximate surface area is 117 Å². The van der Waals surface area contributed by atoms with Gasteiger partial charge in [0.2, 0.25) is 0 Å². The van der Waals surface area contributed by atoms with Gasteiger partial charge in [-0.15, -0.1) is 0 Å². The number of hydrogen-bond donors (Lipinski definition) is 1. The highest BCUT2D eigenvalue weighted by Crippen LogP contribution is 2.24. The van der Waals surface area contributed by atoms with E-state index in [9.17, 15) is 4.39 Å². The molecule has 0 saturated carbocycles. The Hall–Kier alpha value is -0.890. The topological polar surface area (TPSA) is 12.0 Å². The summed E-state index contributed by atoms with van der Waals surface area (Å²) >= 11 is 0. The van der Waals surface area contributed by atoms with Crippen molar-refractivity contribution in [3.05, 3.63) is 35.6 Å². The van der Waals surface area contributed by atoms with Crippen LogP contribution in [0, 0.1) is 11.2 Å². The lowest BCUT2D eigenvalue weighted by Crippen LogP contribution is -2.31. The maximum absolute atomic E-state index is 12.9. The van der Waals surface area contributed by atoms with Gasteiger partial charge in [-0.1, -0.05) is 52.2 Å². The van der Waals surface area contributed by atoms with Gasteiger partial charge in [0.05, 0.1) is 0 Å². The third-order valence-corrected chi connectivity index (χ3v) is 3.71. The summed E-state index contributed by atoms with van der Waals surface area (Å²) in [5, 5.41) is 3.56. The molecule has 2 heteroatoms. The second-order valence-electron chi connectivity index (χ2n) is 6.28. The van der Waals surface area contributed by atoms with Crippen LogP contribution >= 0.6 is 0 Å². The zero-order valence-electron chi connectivity index (χ0n) is 12.8. The molecule has 0 aromatic heterocycles. The van der Waals surface area contributed by atoms with Crippen LogP contribution in [0.2, 0.25) is 0 Å². The summed E-state index contributed by atoms with van der Waals surface area (Å²) in [6, 6.07) is 7.04. The van der Waals surface area contributed by atoms with Crippen molar-refractivity contribution in [3.63, 3.8) is 0 Å². The maximum Gasteiger partial charge on any atom is 0.123 e. The Morgan fingerprint density at radius 2 is 1.79 bits per heavy atom. The summed E-state index contributed by atoms with van der Waals surface area (Å²) in [5.74, 6) is -0.171. The van der Waals surface area contributed by atoms with Crippen LogP contribution in [0.15, 0.2) is 24.3 Å². The molecular weight excluding hydrogens is 237 g/mol. The highest BCUT2D eigenvalue weighted by atomic mass is 19.1. The van der Waals surface area contributed by atoms with Crippen molar-refractivity contribution in [3.8, 4) is 0 Å². The average Bonchev–Trinajstić information content (AvgIpc) is 2.37. The fraction of sp³-hybridized carbons (Fsp3) is 0.647. The Kier molecular flexibility index (Phi) is 6.50. The molecule has 0 amide bonds. The van der Waals surface area contributed by atoms with Crippen LogP contribution in [0.5, 0.6) is 0 Å². The van der Waals surface area contributed by atoms with Crippen molar-refractivity contribution < 1.29 is 4.39 Å². The van der Waals surface area contributed by atoms with E-state index < -0.39 is 0 Å². The van der Waals surface area contributed by atoms with Gasteiger partial charge in [-0.3, -0.25) is 0 Å². The molecule has 0 bridgehead atoms. The standard InChI is InChI=1S/C17H28FN/c1-5-6-7-12-17(3,4)13-19-14(2)15-8-10-16(18)11-9-15/h8-11,14,19H,5-7,12-13H2,1-4H3. The monoisotopic (exact) mass is 265 g/mol. The quantitative estimate of drug-likeness (QED) is 0.646. The van der Waals surface area contributed by atoms with Crippen LogP contribution in [-0.2, 0) is 0 Å². The Balaban J connectivity index is 2.40. The van der Waals surface area contributed by atoms with Gasteiger partial charge in [-0.05, 0) is 36.5 Å². The van der Waals surface area contributed by atoms with E-state index >= 15 is 0 Å². The van der Waals surface area contributed by atoms with E-state index in [0.29, 0.717) is 5.41 Å². The smallest absolute Gasteiger partial charge is 0.123 e. The van der Waals surface area contributed by atoms with E-state index in [0.717, 1.165) is 12.1 Å². The Morgan fingerprint density at radius 1 is 1.16 bits per heavy atom. The molecule has 1 atom stereocenters. The minimum Gasteiger partial charge on any atom is -0.310 e. The summed E-state index contributed by atoms with van der Waals surface area (Å²) in [4.78, 5) is 0. The van der Waals surface area contributed by atoms with E-state index in [1.54, 1.807) is 0 Å². The molecule has 0 heterocycles. The molecule has 0 aliphatic carbocycles. The summed E-state index contributed by atoms with van der Waals surface area (Å²) in [6.45, 7) is 9.99. The highest BCUT2D eigenvalue weighted by molar-refractivity contribution is 5.19. The second-order valence-corrected chi connectivity index (χ2v) is 6.28. The summed E-state index contributed by atoms with van der Waals surface area (Å²) in [7, 11) is 0. The predicted octanol–water partition coefficient (Wildman–Crippen LogP) is 5.08. The number of benzene rings is 1. The third kappa shape index (κ3) is 6.20. The van der Waals surface area contributed by atoms with Crippen LogP contribution < -0.4 is 5.32 Å². The van der Waals surface area contributed by atoms with Crippen LogP contribution in [0.25, 0.3) is 0 Å². The molecule has 1 unspecified atom stereocenters.